The number of halogens is 2. The molecule has 2 bridgehead atoms. The van der Waals surface area contributed by atoms with Crippen LogP contribution >= 0.6 is 11.3 Å². The molecule has 5 heterocycles. The third-order valence-corrected chi connectivity index (χ3v) is 9.19. The Morgan fingerprint density at radius 2 is 1.94 bits per heavy atom. The van der Waals surface area contributed by atoms with E-state index in [0.29, 0.717) is 23.4 Å². The first-order chi connectivity index (χ1) is 17.1. The predicted octanol–water partition coefficient (Wildman–Crippen LogP) is 2.26. The maximum absolute atomic E-state index is 13.3. The molecule has 1 aliphatic carbocycles. The third-order valence-electron chi connectivity index (χ3n) is 6.66. The Morgan fingerprint density at radius 1 is 1.28 bits per heavy atom. The topological polar surface area (TPSA) is 142 Å². The van der Waals surface area contributed by atoms with Crippen molar-refractivity contribution in [2.45, 2.75) is 61.6 Å². The van der Waals surface area contributed by atoms with Gasteiger partial charge in [-0.3, -0.25) is 9.20 Å². The van der Waals surface area contributed by atoms with Crippen LogP contribution in [0.1, 0.15) is 44.0 Å². The summed E-state index contributed by atoms with van der Waals surface area (Å²) < 4.78 is 57.2. The average molecular weight is 542 g/mol. The normalized spacial score (nSPS) is 22.5. The fourth-order valence-electron chi connectivity index (χ4n) is 4.69. The Bertz CT molecular complexity index is 1380. The number of nitrogens with one attached hydrogen (secondary N) is 2. The average Bonchev–Trinajstić information content (AvgIpc) is 3.19. The van der Waals surface area contributed by atoms with Crippen LogP contribution in [0.25, 0.3) is 16.3 Å². The Morgan fingerprint density at radius 3 is 2.53 bits per heavy atom. The van der Waals surface area contributed by atoms with Crippen LogP contribution in [-0.2, 0) is 14.8 Å². The zero-order chi connectivity index (χ0) is 25.7. The van der Waals surface area contributed by atoms with Gasteiger partial charge in [0.1, 0.15) is 4.90 Å². The highest BCUT2D eigenvalue weighted by Crippen LogP contribution is 2.38. The first-order valence-electron chi connectivity index (χ1n) is 11.4. The molecule has 3 aromatic rings. The van der Waals surface area contributed by atoms with Crippen LogP contribution in [0.2, 0.25) is 0 Å². The molecular weight excluding hydrogens is 516 g/mol. The maximum atomic E-state index is 13.3. The first kappa shape index (κ1) is 24.9. The fourth-order valence-corrected chi connectivity index (χ4v) is 6.87. The van der Waals surface area contributed by atoms with Crippen molar-refractivity contribution in [3.63, 3.8) is 0 Å². The summed E-state index contributed by atoms with van der Waals surface area (Å²) in [5.41, 5.74) is 1.04. The standard InChI is InChI=1S/C20H23F2N7O2S2.CH2O2/c1-20(4-5-20)27-33(30,31)13-6-14(28-8-11-2-3-12(9-28)24-11)15-7-23-17(29(15)10-13)19-26-25-18(32-19)16(21)22;2-1-3/h6-7,10-12,16,24,27H,2-5,8-9H2,1H3;1H,(H,2,3). The van der Waals surface area contributed by atoms with E-state index in [2.05, 4.69) is 30.1 Å². The van der Waals surface area contributed by atoms with Gasteiger partial charge in [0.05, 0.1) is 17.4 Å². The second-order valence-corrected chi connectivity index (χ2v) is 12.2. The summed E-state index contributed by atoms with van der Waals surface area (Å²) in [7, 11) is -3.80. The summed E-state index contributed by atoms with van der Waals surface area (Å²) >= 11 is 0.755. The molecule has 11 nitrogen and oxygen atoms in total. The molecular formula is C21H25F2N7O4S2. The molecule has 3 aliphatic rings. The Balaban J connectivity index is 0.000000848. The monoisotopic (exact) mass is 541 g/mol. The van der Waals surface area contributed by atoms with E-state index in [1.54, 1.807) is 16.7 Å². The Labute approximate surface area is 209 Å². The molecule has 6 rings (SSSR count). The molecule has 2 saturated heterocycles. The van der Waals surface area contributed by atoms with E-state index in [0.717, 1.165) is 55.8 Å². The third kappa shape index (κ3) is 4.79. The van der Waals surface area contributed by atoms with Crippen LogP contribution in [0.15, 0.2) is 23.4 Å². The van der Waals surface area contributed by atoms with E-state index < -0.39 is 27.0 Å². The van der Waals surface area contributed by atoms with Gasteiger partial charge in [-0.2, -0.15) is 0 Å². The van der Waals surface area contributed by atoms with Crippen molar-refractivity contribution in [3.05, 3.63) is 23.5 Å². The maximum Gasteiger partial charge on any atom is 0.291 e. The van der Waals surface area contributed by atoms with Crippen molar-refractivity contribution in [2.24, 2.45) is 0 Å². The molecule has 194 valence electrons. The van der Waals surface area contributed by atoms with Crippen molar-refractivity contribution in [1.82, 2.24) is 29.6 Å². The lowest BCUT2D eigenvalue weighted by Crippen LogP contribution is -2.51. The number of imidazole rings is 1. The number of aromatic nitrogens is 4. The number of rotatable bonds is 6. The van der Waals surface area contributed by atoms with Gasteiger partial charge < -0.3 is 15.3 Å². The molecule has 0 amide bonds. The molecule has 0 spiro atoms. The minimum atomic E-state index is -3.80. The van der Waals surface area contributed by atoms with Crippen LogP contribution in [0.3, 0.4) is 0 Å². The quantitative estimate of drug-likeness (QED) is 0.401. The van der Waals surface area contributed by atoms with Gasteiger partial charge in [0, 0.05) is 36.9 Å². The fraction of sp³-hybridized carbons (Fsp3) is 0.524. The lowest BCUT2D eigenvalue weighted by Gasteiger charge is -2.35. The highest BCUT2D eigenvalue weighted by atomic mass is 32.2. The van der Waals surface area contributed by atoms with Crippen LogP contribution in [0.5, 0.6) is 0 Å². The second-order valence-electron chi connectivity index (χ2n) is 9.46. The van der Waals surface area contributed by atoms with Gasteiger partial charge in [0.15, 0.2) is 15.8 Å². The van der Waals surface area contributed by atoms with Crippen molar-refractivity contribution >= 4 is 39.0 Å². The smallest absolute Gasteiger partial charge is 0.291 e. The van der Waals surface area contributed by atoms with Gasteiger partial charge in [-0.15, -0.1) is 10.2 Å². The van der Waals surface area contributed by atoms with Crippen molar-refractivity contribution < 1.29 is 27.1 Å². The SMILES string of the molecule is CC1(NS(=O)(=O)c2cc(N3CC4CCC(C3)N4)c3cnc(-c4nnc(C(F)F)s4)n3c2)CC1.O=CO. The minimum Gasteiger partial charge on any atom is -0.483 e. The molecule has 0 radical (unpaired) electrons. The summed E-state index contributed by atoms with van der Waals surface area (Å²) in [4.78, 5) is 15.1. The second kappa shape index (κ2) is 9.28. The largest absolute Gasteiger partial charge is 0.483 e. The summed E-state index contributed by atoms with van der Waals surface area (Å²) in [5, 5.41) is 17.7. The van der Waals surface area contributed by atoms with Gasteiger partial charge >= 0.3 is 0 Å². The minimum absolute atomic E-state index is 0.113. The zero-order valence-electron chi connectivity index (χ0n) is 19.3. The molecule has 2 unspecified atom stereocenters. The van der Waals surface area contributed by atoms with Crippen LogP contribution in [0.4, 0.5) is 14.5 Å². The molecule has 2 atom stereocenters. The lowest BCUT2D eigenvalue weighted by molar-refractivity contribution is -0.122. The highest BCUT2D eigenvalue weighted by Gasteiger charge is 2.42. The number of hydrogen-bond donors (Lipinski definition) is 3. The van der Waals surface area contributed by atoms with Gasteiger partial charge in [0.25, 0.3) is 12.9 Å². The number of hydrogen-bond acceptors (Lipinski definition) is 9. The summed E-state index contributed by atoms with van der Waals surface area (Å²) in [6.07, 6.45) is 4.16. The van der Waals surface area contributed by atoms with Gasteiger partial charge in [-0.1, -0.05) is 11.3 Å². The highest BCUT2D eigenvalue weighted by molar-refractivity contribution is 7.89. The molecule has 3 N–H and O–H groups in total. The zero-order valence-corrected chi connectivity index (χ0v) is 20.9. The van der Waals surface area contributed by atoms with Gasteiger partial charge in [-0.05, 0) is 38.7 Å². The predicted molar refractivity (Wildman–Crippen MR) is 128 cm³/mol. The number of carbonyl (C=O) groups is 1. The summed E-state index contributed by atoms with van der Waals surface area (Å²) in [6, 6.07) is 2.41. The number of alkyl halides is 2. The number of nitrogens with zero attached hydrogens (tertiary/aromatic N) is 5. The number of fused-ring (bicyclic) bond motifs is 3. The molecule has 3 fully saturated rings. The van der Waals surface area contributed by atoms with E-state index in [9.17, 15) is 17.2 Å². The van der Waals surface area contributed by atoms with E-state index in [1.807, 2.05) is 6.92 Å². The number of carboxylic acid groups (broad SMARTS) is 1. The van der Waals surface area contributed by atoms with Gasteiger partial charge in [0.2, 0.25) is 10.0 Å². The summed E-state index contributed by atoms with van der Waals surface area (Å²) in [6.45, 7) is 3.15. The molecule has 0 aromatic carbocycles. The van der Waals surface area contributed by atoms with Crippen molar-refractivity contribution in [2.75, 3.05) is 18.0 Å². The molecule has 3 aromatic heterocycles. The lowest BCUT2D eigenvalue weighted by atomic mass is 10.2. The molecule has 36 heavy (non-hydrogen) atoms. The van der Waals surface area contributed by atoms with E-state index in [-0.39, 0.29) is 16.4 Å². The van der Waals surface area contributed by atoms with Crippen LogP contribution < -0.4 is 14.9 Å². The molecule has 2 aliphatic heterocycles. The van der Waals surface area contributed by atoms with Crippen molar-refractivity contribution in [3.8, 4) is 10.8 Å². The first-order valence-corrected chi connectivity index (χ1v) is 13.7. The van der Waals surface area contributed by atoms with Gasteiger partial charge in [-0.25, -0.2) is 26.9 Å². The number of pyridine rings is 1. The van der Waals surface area contributed by atoms with Crippen LogP contribution in [-0.4, -0.2) is 70.3 Å². The Kier molecular flexibility index (Phi) is 6.43. The molecule has 15 heteroatoms. The number of sulfonamides is 1. The Hall–Kier alpha value is -2.75. The van der Waals surface area contributed by atoms with E-state index in [4.69, 9.17) is 9.90 Å². The number of piperazine rings is 1. The van der Waals surface area contributed by atoms with Crippen LogP contribution in [0, 0.1) is 0 Å². The van der Waals surface area contributed by atoms with Crippen molar-refractivity contribution in [1.29, 1.82) is 0 Å². The number of anilines is 1. The van der Waals surface area contributed by atoms with E-state index >= 15 is 0 Å². The summed E-state index contributed by atoms with van der Waals surface area (Å²) in [5.74, 6) is 0.295. The van der Waals surface area contributed by atoms with E-state index in [1.165, 1.54) is 6.20 Å². The molecule has 1 saturated carbocycles.